The van der Waals surface area contributed by atoms with Crippen LogP contribution in [-0.4, -0.2) is 21.7 Å². The van der Waals surface area contributed by atoms with Gasteiger partial charge in [-0.1, -0.05) is 37.0 Å². The van der Waals surface area contributed by atoms with Gasteiger partial charge in [0, 0.05) is 16.8 Å². The largest absolute Gasteiger partial charge is 0.480 e. The summed E-state index contributed by atoms with van der Waals surface area (Å²) in [6.45, 7) is 6.34. The van der Waals surface area contributed by atoms with E-state index in [1.807, 2.05) is 29.8 Å². The summed E-state index contributed by atoms with van der Waals surface area (Å²) in [5.74, 6) is 0.967. The Balaban J connectivity index is 2.35. The van der Waals surface area contributed by atoms with Crippen molar-refractivity contribution in [3.05, 3.63) is 45.6 Å². The first-order chi connectivity index (χ1) is 12.0. The van der Waals surface area contributed by atoms with E-state index in [9.17, 15) is 0 Å². The molecule has 0 N–H and O–H groups in total. The van der Waals surface area contributed by atoms with E-state index < -0.39 is 0 Å². The molecule has 25 heavy (non-hydrogen) atoms. The van der Waals surface area contributed by atoms with Gasteiger partial charge in [-0.3, -0.25) is 0 Å². The molecule has 0 aliphatic rings. The molecule has 0 aliphatic carbocycles. The summed E-state index contributed by atoms with van der Waals surface area (Å²) < 4.78 is 7.41. The molecule has 3 aromatic rings. The number of ether oxygens (including phenoxy) is 1. The molecule has 0 aliphatic heterocycles. The molecule has 4 nitrogen and oxygen atoms in total. The first-order valence-electron chi connectivity index (χ1n) is 8.39. The fourth-order valence-electron chi connectivity index (χ4n) is 3.28. The lowest BCUT2D eigenvalue weighted by atomic mass is 9.95. The van der Waals surface area contributed by atoms with Crippen molar-refractivity contribution in [3.8, 4) is 17.1 Å². The van der Waals surface area contributed by atoms with Crippen molar-refractivity contribution in [2.24, 2.45) is 0 Å². The zero-order valence-corrected chi connectivity index (χ0v) is 16.3. The number of methoxy groups -OCH3 is 1. The van der Waals surface area contributed by atoms with Crippen molar-refractivity contribution < 1.29 is 4.74 Å². The second kappa shape index (κ2) is 7.22. The summed E-state index contributed by atoms with van der Waals surface area (Å²) in [7, 11) is 1.65. The molecule has 1 aromatic carbocycles. The number of hydrogen-bond donors (Lipinski definition) is 0. The van der Waals surface area contributed by atoms with Crippen molar-refractivity contribution >= 4 is 28.8 Å². The highest BCUT2D eigenvalue weighted by Gasteiger charge is 2.24. The van der Waals surface area contributed by atoms with E-state index in [1.54, 1.807) is 13.2 Å². The molecule has 2 heterocycles. The lowest BCUT2D eigenvalue weighted by Gasteiger charge is -2.13. The molecule has 0 bridgehead atoms. The Labute approximate surface area is 157 Å². The molecule has 0 radical (unpaired) electrons. The highest BCUT2D eigenvalue weighted by molar-refractivity contribution is 6.36. The van der Waals surface area contributed by atoms with E-state index in [0.29, 0.717) is 21.8 Å². The Morgan fingerprint density at radius 2 is 1.92 bits per heavy atom. The van der Waals surface area contributed by atoms with Crippen molar-refractivity contribution in [3.63, 3.8) is 0 Å². The van der Waals surface area contributed by atoms with Crippen LogP contribution < -0.4 is 4.74 Å². The van der Waals surface area contributed by atoms with Gasteiger partial charge < -0.3 is 4.74 Å². The van der Waals surface area contributed by atoms with Gasteiger partial charge in [0.2, 0.25) is 5.88 Å². The molecule has 0 saturated carbocycles. The molecule has 2 aromatic heterocycles. The standard InChI is InChI=1S/C19H21Cl2N3O/c1-5-12(6-2)16-18-22-10-11(3)17(24(18)23-19(16)25-4)14-8-7-13(20)9-15(14)21/h7-10,12H,5-6H2,1-4H3. The Bertz CT molecular complexity index is 917. The predicted molar refractivity (Wildman–Crippen MR) is 103 cm³/mol. The molecule has 0 spiro atoms. The Kier molecular flexibility index (Phi) is 5.21. The first-order valence-corrected chi connectivity index (χ1v) is 9.14. The summed E-state index contributed by atoms with van der Waals surface area (Å²) in [6.07, 6.45) is 3.87. The average molecular weight is 378 g/mol. The van der Waals surface area contributed by atoms with Gasteiger partial charge in [-0.25, -0.2) is 9.50 Å². The summed E-state index contributed by atoms with van der Waals surface area (Å²) in [5, 5.41) is 5.88. The fourth-order valence-corrected chi connectivity index (χ4v) is 3.78. The third kappa shape index (κ3) is 3.09. The lowest BCUT2D eigenvalue weighted by Crippen LogP contribution is -2.02. The molecule has 0 saturated heterocycles. The van der Waals surface area contributed by atoms with E-state index in [0.717, 1.165) is 40.9 Å². The zero-order valence-electron chi connectivity index (χ0n) is 14.8. The third-order valence-electron chi connectivity index (χ3n) is 4.60. The van der Waals surface area contributed by atoms with Crippen LogP contribution in [0.4, 0.5) is 0 Å². The number of nitrogens with zero attached hydrogens (tertiary/aromatic N) is 3. The molecule has 0 unspecified atom stereocenters. The second-order valence-corrected chi connectivity index (χ2v) is 6.93. The Morgan fingerprint density at radius 1 is 1.20 bits per heavy atom. The molecular weight excluding hydrogens is 357 g/mol. The van der Waals surface area contributed by atoms with Gasteiger partial charge in [-0.2, -0.15) is 0 Å². The van der Waals surface area contributed by atoms with Gasteiger partial charge in [-0.15, -0.1) is 5.10 Å². The molecular formula is C19H21Cl2N3O. The molecule has 0 amide bonds. The summed E-state index contributed by atoms with van der Waals surface area (Å²) in [5.41, 5.74) is 4.63. The minimum atomic E-state index is 0.344. The highest BCUT2D eigenvalue weighted by Crippen LogP contribution is 2.38. The van der Waals surface area contributed by atoms with Gasteiger partial charge in [0.15, 0.2) is 5.65 Å². The smallest absolute Gasteiger partial charge is 0.238 e. The van der Waals surface area contributed by atoms with Crippen LogP contribution in [0.3, 0.4) is 0 Å². The minimum absolute atomic E-state index is 0.344. The number of rotatable bonds is 5. The van der Waals surface area contributed by atoms with Crippen LogP contribution in [0.2, 0.25) is 10.0 Å². The quantitative estimate of drug-likeness (QED) is 0.553. The van der Waals surface area contributed by atoms with E-state index in [1.165, 1.54) is 0 Å². The van der Waals surface area contributed by atoms with Crippen LogP contribution in [0.5, 0.6) is 5.88 Å². The summed E-state index contributed by atoms with van der Waals surface area (Å²) in [4.78, 5) is 4.65. The highest BCUT2D eigenvalue weighted by atomic mass is 35.5. The van der Waals surface area contributed by atoms with E-state index in [4.69, 9.17) is 27.9 Å². The normalized spacial score (nSPS) is 11.5. The average Bonchev–Trinajstić information content (AvgIpc) is 2.96. The van der Waals surface area contributed by atoms with Crippen molar-refractivity contribution in [2.45, 2.75) is 39.5 Å². The maximum absolute atomic E-state index is 6.46. The van der Waals surface area contributed by atoms with Crippen molar-refractivity contribution in [1.82, 2.24) is 14.6 Å². The van der Waals surface area contributed by atoms with Crippen LogP contribution in [0.1, 0.15) is 43.7 Å². The van der Waals surface area contributed by atoms with Gasteiger partial charge in [0.1, 0.15) is 0 Å². The molecule has 3 rings (SSSR count). The molecule has 0 atom stereocenters. The van der Waals surface area contributed by atoms with Crippen LogP contribution >= 0.6 is 23.2 Å². The molecule has 0 fully saturated rings. The number of benzene rings is 1. The monoisotopic (exact) mass is 377 g/mol. The number of aromatic nitrogens is 3. The molecule has 132 valence electrons. The number of hydrogen-bond acceptors (Lipinski definition) is 3. The number of halogens is 2. The number of fused-ring (bicyclic) bond motifs is 1. The fraction of sp³-hybridized carbons (Fsp3) is 0.368. The van der Waals surface area contributed by atoms with Crippen LogP contribution in [0.25, 0.3) is 16.9 Å². The van der Waals surface area contributed by atoms with Crippen molar-refractivity contribution in [2.75, 3.05) is 7.11 Å². The molecule has 6 heteroatoms. The van der Waals surface area contributed by atoms with Crippen LogP contribution in [0.15, 0.2) is 24.4 Å². The summed E-state index contributed by atoms with van der Waals surface area (Å²) in [6, 6.07) is 5.49. The Morgan fingerprint density at radius 3 is 2.52 bits per heavy atom. The van der Waals surface area contributed by atoms with Gasteiger partial charge in [0.25, 0.3) is 0 Å². The second-order valence-electron chi connectivity index (χ2n) is 6.09. The first kappa shape index (κ1) is 18.0. The Hall–Kier alpha value is -1.78. The van der Waals surface area contributed by atoms with Gasteiger partial charge in [-0.05, 0) is 49.4 Å². The predicted octanol–water partition coefficient (Wildman–Crippen LogP) is 5.92. The van der Waals surface area contributed by atoms with E-state index in [2.05, 4.69) is 23.9 Å². The summed E-state index contributed by atoms with van der Waals surface area (Å²) >= 11 is 12.5. The van der Waals surface area contributed by atoms with Crippen molar-refractivity contribution in [1.29, 1.82) is 0 Å². The SMILES string of the molecule is CCC(CC)c1c(OC)nn2c(-c3ccc(Cl)cc3Cl)c(C)cnc12. The lowest BCUT2D eigenvalue weighted by molar-refractivity contribution is 0.386. The van der Waals surface area contributed by atoms with Gasteiger partial charge in [0.05, 0.1) is 23.4 Å². The van der Waals surface area contributed by atoms with E-state index >= 15 is 0 Å². The van der Waals surface area contributed by atoms with Gasteiger partial charge >= 0.3 is 0 Å². The maximum atomic E-state index is 6.46. The van der Waals surface area contributed by atoms with Crippen LogP contribution in [0, 0.1) is 6.92 Å². The topological polar surface area (TPSA) is 39.4 Å². The maximum Gasteiger partial charge on any atom is 0.238 e. The van der Waals surface area contributed by atoms with E-state index in [-0.39, 0.29) is 0 Å². The van der Waals surface area contributed by atoms with Crippen LogP contribution in [-0.2, 0) is 0 Å². The zero-order chi connectivity index (χ0) is 18.1. The minimum Gasteiger partial charge on any atom is -0.480 e. The number of aryl methyl sites for hydroxylation is 1. The third-order valence-corrected chi connectivity index (χ3v) is 5.15.